The van der Waals surface area contributed by atoms with Crippen LogP contribution in [0.15, 0.2) is 0 Å². The zero-order valence-electron chi connectivity index (χ0n) is 13.4. The smallest absolute Gasteiger partial charge is 0.223 e. The van der Waals surface area contributed by atoms with Crippen molar-refractivity contribution in [1.82, 2.24) is 10.2 Å². The first-order chi connectivity index (χ1) is 9.66. The topological polar surface area (TPSA) is 32.3 Å². The highest BCUT2D eigenvalue weighted by Crippen LogP contribution is 2.26. The highest BCUT2D eigenvalue weighted by molar-refractivity contribution is 5.76. The van der Waals surface area contributed by atoms with Gasteiger partial charge in [0, 0.05) is 19.0 Å². The molecule has 1 saturated heterocycles. The van der Waals surface area contributed by atoms with Crippen molar-refractivity contribution in [3.63, 3.8) is 0 Å². The Kier molecular flexibility index (Phi) is 6.34. The lowest BCUT2D eigenvalue weighted by Gasteiger charge is -2.32. The SMILES string of the molecule is CC(C)CCN(C(=O)CC1CCNCC1)C1CCCC1. The lowest BCUT2D eigenvalue weighted by molar-refractivity contribution is -0.134. The molecule has 0 aromatic heterocycles. The summed E-state index contributed by atoms with van der Waals surface area (Å²) in [5, 5.41) is 3.39. The fourth-order valence-electron chi connectivity index (χ4n) is 3.57. The third-order valence-corrected chi connectivity index (χ3v) is 4.96. The van der Waals surface area contributed by atoms with Gasteiger partial charge in [0.25, 0.3) is 0 Å². The number of piperidine rings is 1. The molecule has 1 heterocycles. The van der Waals surface area contributed by atoms with Gasteiger partial charge in [-0.05, 0) is 57.0 Å². The zero-order chi connectivity index (χ0) is 14.4. The fourth-order valence-corrected chi connectivity index (χ4v) is 3.57. The van der Waals surface area contributed by atoms with Crippen LogP contribution in [-0.4, -0.2) is 36.5 Å². The summed E-state index contributed by atoms with van der Waals surface area (Å²) in [6, 6.07) is 0.544. The van der Waals surface area contributed by atoms with Crippen molar-refractivity contribution >= 4 is 5.91 Å². The third kappa shape index (κ3) is 4.76. The number of hydrogen-bond donors (Lipinski definition) is 1. The highest BCUT2D eigenvalue weighted by atomic mass is 16.2. The first kappa shape index (κ1) is 15.8. The Hall–Kier alpha value is -0.570. The molecule has 116 valence electrons. The Bertz CT molecular complexity index is 291. The van der Waals surface area contributed by atoms with E-state index in [9.17, 15) is 4.79 Å². The van der Waals surface area contributed by atoms with E-state index < -0.39 is 0 Å². The van der Waals surface area contributed by atoms with Gasteiger partial charge in [-0.25, -0.2) is 0 Å². The predicted octanol–water partition coefficient (Wildman–Crippen LogP) is 3.19. The fraction of sp³-hybridized carbons (Fsp3) is 0.941. The molecule has 20 heavy (non-hydrogen) atoms. The summed E-state index contributed by atoms with van der Waals surface area (Å²) < 4.78 is 0. The van der Waals surface area contributed by atoms with Crippen LogP contribution in [0.3, 0.4) is 0 Å². The number of nitrogens with zero attached hydrogens (tertiary/aromatic N) is 1. The lowest BCUT2D eigenvalue weighted by Crippen LogP contribution is -2.41. The number of carbonyl (C=O) groups excluding carboxylic acids is 1. The van der Waals surface area contributed by atoms with Crippen LogP contribution in [0, 0.1) is 11.8 Å². The Morgan fingerprint density at radius 2 is 1.80 bits per heavy atom. The molecule has 0 atom stereocenters. The summed E-state index contributed by atoms with van der Waals surface area (Å²) in [5.41, 5.74) is 0. The Balaban J connectivity index is 1.87. The highest BCUT2D eigenvalue weighted by Gasteiger charge is 2.28. The molecule has 2 rings (SSSR count). The summed E-state index contributed by atoms with van der Waals surface area (Å²) in [6.45, 7) is 7.67. The van der Waals surface area contributed by atoms with Crippen LogP contribution >= 0.6 is 0 Å². The Morgan fingerprint density at radius 1 is 1.15 bits per heavy atom. The van der Waals surface area contributed by atoms with E-state index in [2.05, 4.69) is 24.1 Å². The molecule has 2 fully saturated rings. The van der Waals surface area contributed by atoms with Crippen molar-refractivity contribution in [3.05, 3.63) is 0 Å². The van der Waals surface area contributed by atoms with E-state index in [4.69, 9.17) is 0 Å². The molecule has 1 aliphatic heterocycles. The van der Waals surface area contributed by atoms with Crippen LogP contribution in [0.1, 0.15) is 65.2 Å². The van der Waals surface area contributed by atoms with E-state index in [0.717, 1.165) is 32.5 Å². The van der Waals surface area contributed by atoms with Crippen molar-refractivity contribution in [1.29, 1.82) is 0 Å². The van der Waals surface area contributed by atoms with Gasteiger partial charge in [-0.2, -0.15) is 0 Å². The van der Waals surface area contributed by atoms with E-state index in [0.29, 0.717) is 23.8 Å². The van der Waals surface area contributed by atoms with Crippen LogP contribution in [0.4, 0.5) is 0 Å². The van der Waals surface area contributed by atoms with Crippen molar-refractivity contribution in [2.45, 2.75) is 71.3 Å². The molecule has 0 spiro atoms. The summed E-state index contributed by atoms with van der Waals surface area (Å²) >= 11 is 0. The normalized spacial score (nSPS) is 21.6. The van der Waals surface area contributed by atoms with E-state index >= 15 is 0 Å². The number of nitrogens with one attached hydrogen (secondary N) is 1. The lowest BCUT2D eigenvalue weighted by atomic mass is 9.93. The summed E-state index contributed by atoms with van der Waals surface area (Å²) in [7, 11) is 0. The van der Waals surface area contributed by atoms with Crippen molar-refractivity contribution in [3.8, 4) is 0 Å². The molecule has 0 bridgehead atoms. The van der Waals surface area contributed by atoms with Gasteiger partial charge in [-0.1, -0.05) is 26.7 Å². The molecular weight excluding hydrogens is 248 g/mol. The average molecular weight is 280 g/mol. The van der Waals surface area contributed by atoms with Gasteiger partial charge < -0.3 is 10.2 Å². The standard InChI is InChI=1S/C17H32N2O/c1-14(2)9-12-19(16-5-3-4-6-16)17(20)13-15-7-10-18-11-8-15/h14-16,18H,3-13H2,1-2H3. The quantitative estimate of drug-likeness (QED) is 0.810. The van der Waals surface area contributed by atoms with Crippen LogP contribution in [0.25, 0.3) is 0 Å². The van der Waals surface area contributed by atoms with Crippen LogP contribution in [0.5, 0.6) is 0 Å². The molecule has 3 nitrogen and oxygen atoms in total. The predicted molar refractivity (Wildman–Crippen MR) is 83.6 cm³/mol. The number of carbonyl (C=O) groups is 1. The second-order valence-electron chi connectivity index (χ2n) is 7.11. The van der Waals surface area contributed by atoms with Crippen LogP contribution < -0.4 is 5.32 Å². The molecular formula is C17H32N2O. The Labute approximate surface area is 124 Å². The number of rotatable bonds is 6. The maximum Gasteiger partial charge on any atom is 0.223 e. The van der Waals surface area contributed by atoms with E-state index in [1.54, 1.807) is 0 Å². The van der Waals surface area contributed by atoms with Crippen molar-refractivity contribution in [2.24, 2.45) is 11.8 Å². The maximum absolute atomic E-state index is 12.7. The first-order valence-electron chi connectivity index (χ1n) is 8.67. The molecule has 1 N–H and O–H groups in total. The van der Waals surface area contributed by atoms with Gasteiger partial charge in [-0.15, -0.1) is 0 Å². The van der Waals surface area contributed by atoms with Gasteiger partial charge in [0.05, 0.1) is 0 Å². The van der Waals surface area contributed by atoms with E-state index in [-0.39, 0.29) is 0 Å². The number of hydrogen-bond acceptors (Lipinski definition) is 2. The third-order valence-electron chi connectivity index (χ3n) is 4.96. The monoisotopic (exact) mass is 280 g/mol. The average Bonchev–Trinajstić information content (AvgIpc) is 2.93. The molecule has 1 aliphatic carbocycles. The Morgan fingerprint density at radius 3 is 2.40 bits per heavy atom. The van der Waals surface area contributed by atoms with Gasteiger partial charge >= 0.3 is 0 Å². The number of amides is 1. The molecule has 0 aromatic rings. The minimum atomic E-state index is 0.435. The van der Waals surface area contributed by atoms with E-state index in [1.165, 1.54) is 38.5 Å². The van der Waals surface area contributed by atoms with Gasteiger partial charge in [0.1, 0.15) is 0 Å². The molecule has 3 heteroatoms. The molecule has 0 radical (unpaired) electrons. The zero-order valence-corrected chi connectivity index (χ0v) is 13.4. The second-order valence-corrected chi connectivity index (χ2v) is 7.11. The largest absolute Gasteiger partial charge is 0.340 e. The maximum atomic E-state index is 12.7. The first-order valence-corrected chi connectivity index (χ1v) is 8.67. The second kappa shape index (κ2) is 8.02. The van der Waals surface area contributed by atoms with Crippen molar-refractivity contribution in [2.75, 3.05) is 19.6 Å². The van der Waals surface area contributed by atoms with E-state index in [1.807, 2.05) is 0 Å². The molecule has 0 unspecified atom stereocenters. The van der Waals surface area contributed by atoms with Gasteiger partial charge in [-0.3, -0.25) is 4.79 Å². The van der Waals surface area contributed by atoms with Crippen molar-refractivity contribution < 1.29 is 4.79 Å². The summed E-state index contributed by atoms with van der Waals surface area (Å²) in [6.07, 6.45) is 9.37. The van der Waals surface area contributed by atoms with Crippen LogP contribution in [0.2, 0.25) is 0 Å². The molecule has 1 amide bonds. The molecule has 0 aromatic carbocycles. The molecule has 2 aliphatic rings. The van der Waals surface area contributed by atoms with Gasteiger partial charge in [0.2, 0.25) is 5.91 Å². The minimum absolute atomic E-state index is 0.435. The minimum Gasteiger partial charge on any atom is -0.340 e. The summed E-state index contributed by atoms with van der Waals surface area (Å²) in [5.74, 6) is 1.74. The summed E-state index contributed by atoms with van der Waals surface area (Å²) in [4.78, 5) is 15.0. The van der Waals surface area contributed by atoms with Crippen LogP contribution in [-0.2, 0) is 4.79 Å². The van der Waals surface area contributed by atoms with Gasteiger partial charge in [0.15, 0.2) is 0 Å². The molecule has 1 saturated carbocycles.